The second kappa shape index (κ2) is 14.0. The molecule has 0 saturated carbocycles. The molecular formula is C28H30Cl3N3O4S. The number of hydrogen-bond acceptors (Lipinski definition) is 4. The van der Waals surface area contributed by atoms with Gasteiger partial charge in [-0.3, -0.25) is 13.9 Å². The minimum Gasteiger partial charge on any atom is -0.354 e. The van der Waals surface area contributed by atoms with E-state index in [1.54, 1.807) is 49.4 Å². The summed E-state index contributed by atoms with van der Waals surface area (Å²) in [6, 6.07) is 18.2. The first-order valence-electron chi connectivity index (χ1n) is 12.4. The van der Waals surface area contributed by atoms with Crippen molar-refractivity contribution in [3.63, 3.8) is 0 Å². The zero-order valence-corrected chi connectivity index (χ0v) is 24.7. The Balaban J connectivity index is 2.07. The van der Waals surface area contributed by atoms with Crippen LogP contribution in [0.3, 0.4) is 0 Å². The second-order valence-electron chi connectivity index (χ2n) is 8.78. The summed E-state index contributed by atoms with van der Waals surface area (Å²) in [5.41, 5.74) is 0.824. The second-order valence-corrected chi connectivity index (χ2v) is 11.9. The first kappa shape index (κ1) is 30.8. The van der Waals surface area contributed by atoms with E-state index in [0.717, 1.165) is 16.3 Å². The van der Waals surface area contributed by atoms with E-state index in [9.17, 15) is 18.0 Å². The van der Waals surface area contributed by atoms with Crippen LogP contribution in [0.2, 0.25) is 15.1 Å². The molecule has 1 N–H and O–H groups in total. The molecule has 0 aliphatic rings. The number of nitrogens with one attached hydrogen (secondary N) is 1. The van der Waals surface area contributed by atoms with Gasteiger partial charge >= 0.3 is 0 Å². The highest BCUT2D eigenvalue weighted by Crippen LogP contribution is 2.33. The summed E-state index contributed by atoms with van der Waals surface area (Å²) >= 11 is 18.5. The fraction of sp³-hybridized carbons (Fsp3) is 0.286. The molecule has 0 spiro atoms. The summed E-state index contributed by atoms with van der Waals surface area (Å²) in [5, 5.41) is 3.75. The molecule has 0 aliphatic heterocycles. The van der Waals surface area contributed by atoms with Gasteiger partial charge in [0.1, 0.15) is 12.6 Å². The molecule has 0 heterocycles. The number of anilines is 1. The van der Waals surface area contributed by atoms with Crippen LogP contribution >= 0.6 is 34.8 Å². The van der Waals surface area contributed by atoms with E-state index in [2.05, 4.69) is 5.32 Å². The van der Waals surface area contributed by atoms with Crippen LogP contribution in [0.1, 0.15) is 32.3 Å². The van der Waals surface area contributed by atoms with Crippen molar-refractivity contribution >= 4 is 62.3 Å². The summed E-state index contributed by atoms with van der Waals surface area (Å²) in [6.07, 6.45) is 1.05. The maximum atomic E-state index is 14.0. The number of benzene rings is 3. The smallest absolute Gasteiger partial charge is 0.264 e. The zero-order chi connectivity index (χ0) is 28.6. The van der Waals surface area contributed by atoms with Crippen LogP contribution in [0.4, 0.5) is 5.69 Å². The van der Waals surface area contributed by atoms with Crippen molar-refractivity contribution in [2.24, 2.45) is 0 Å². The largest absolute Gasteiger partial charge is 0.354 e. The van der Waals surface area contributed by atoms with E-state index in [4.69, 9.17) is 34.8 Å². The molecule has 3 aromatic rings. The third-order valence-corrected chi connectivity index (χ3v) is 8.55. The van der Waals surface area contributed by atoms with Crippen LogP contribution in [0.25, 0.3) is 0 Å². The Morgan fingerprint density at radius 2 is 1.54 bits per heavy atom. The van der Waals surface area contributed by atoms with Crippen LogP contribution in [-0.4, -0.2) is 44.3 Å². The molecule has 3 aromatic carbocycles. The van der Waals surface area contributed by atoms with Crippen molar-refractivity contribution in [3.8, 4) is 0 Å². The summed E-state index contributed by atoms with van der Waals surface area (Å²) in [5.74, 6) is -0.891. The normalized spacial score (nSPS) is 12.0. The van der Waals surface area contributed by atoms with Gasteiger partial charge in [0.2, 0.25) is 11.8 Å². The van der Waals surface area contributed by atoms with Crippen molar-refractivity contribution < 1.29 is 18.0 Å². The maximum absolute atomic E-state index is 14.0. The molecular weight excluding hydrogens is 581 g/mol. The van der Waals surface area contributed by atoms with E-state index in [0.29, 0.717) is 23.0 Å². The quantitative estimate of drug-likeness (QED) is 0.266. The minimum absolute atomic E-state index is 0.0131. The number of nitrogens with zero attached hydrogens (tertiary/aromatic N) is 2. The number of carbonyl (C=O) groups excluding carboxylic acids is 2. The third kappa shape index (κ3) is 7.88. The van der Waals surface area contributed by atoms with Crippen molar-refractivity contribution in [1.29, 1.82) is 0 Å². The number of hydrogen-bond donors (Lipinski definition) is 1. The molecule has 7 nitrogen and oxygen atoms in total. The van der Waals surface area contributed by atoms with Gasteiger partial charge in [-0.2, -0.15) is 0 Å². The van der Waals surface area contributed by atoms with Crippen LogP contribution in [-0.2, 0) is 26.2 Å². The van der Waals surface area contributed by atoms with E-state index in [-0.39, 0.29) is 28.1 Å². The predicted molar refractivity (Wildman–Crippen MR) is 157 cm³/mol. The highest BCUT2D eigenvalue weighted by atomic mass is 35.5. The molecule has 208 valence electrons. The molecule has 0 aliphatic carbocycles. The fourth-order valence-corrected chi connectivity index (χ4v) is 6.13. The van der Waals surface area contributed by atoms with Crippen molar-refractivity contribution in [3.05, 3.63) is 93.4 Å². The number of rotatable bonds is 12. The van der Waals surface area contributed by atoms with Gasteiger partial charge in [0.05, 0.1) is 15.6 Å². The van der Waals surface area contributed by atoms with Gasteiger partial charge in [-0.15, -0.1) is 0 Å². The lowest BCUT2D eigenvalue weighted by Gasteiger charge is -2.33. The standard InChI is InChI=1S/C28H30Cl3N3O4S/c1-3-16-32-28(36)25(4-2)33(18-20-10-12-21(29)13-11-20)27(35)19-34(26-15-14-22(30)17-24(26)31)39(37,38)23-8-6-5-7-9-23/h5-15,17,25H,3-4,16,18-19H2,1-2H3,(H,32,36)/t25-/m1/s1. The molecule has 0 bridgehead atoms. The molecule has 0 radical (unpaired) electrons. The highest BCUT2D eigenvalue weighted by molar-refractivity contribution is 7.92. The Kier molecular flexibility index (Phi) is 11.1. The van der Waals surface area contributed by atoms with Gasteiger partial charge in [-0.25, -0.2) is 8.42 Å². The lowest BCUT2D eigenvalue weighted by atomic mass is 10.1. The fourth-order valence-electron chi connectivity index (χ4n) is 3.99. The topological polar surface area (TPSA) is 86.8 Å². The number of amides is 2. The first-order chi connectivity index (χ1) is 18.6. The molecule has 3 rings (SSSR count). The molecule has 2 amide bonds. The van der Waals surface area contributed by atoms with Crippen molar-refractivity contribution in [2.75, 3.05) is 17.4 Å². The third-order valence-electron chi connectivity index (χ3n) is 5.99. The molecule has 0 fully saturated rings. The number of halogens is 3. The van der Waals surface area contributed by atoms with E-state index >= 15 is 0 Å². The average molecular weight is 611 g/mol. The van der Waals surface area contributed by atoms with Gasteiger partial charge in [-0.1, -0.05) is 79.0 Å². The predicted octanol–water partition coefficient (Wildman–Crippen LogP) is 6.18. The molecule has 39 heavy (non-hydrogen) atoms. The summed E-state index contributed by atoms with van der Waals surface area (Å²) in [4.78, 5) is 28.5. The summed E-state index contributed by atoms with van der Waals surface area (Å²) in [7, 11) is -4.22. The molecule has 0 unspecified atom stereocenters. The summed E-state index contributed by atoms with van der Waals surface area (Å²) < 4.78 is 28.6. The Bertz CT molecular complexity index is 1390. The van der Waals surface area contributed by atoms with Crippen LogP contribution in [0.15, 0.2) is 77.7 Å². The Labute approximate surface area is 244 Å². The zero-order valence-electron chi connectivity index (χ0n) is 21.6. The molecule has 0 saturated heterocycles. The van der Waals surface area contributed by atoms with Crippen LogP contribution in [0, 0.1) is 0 Å². The SMILES string of the molecule is CCCNC(=O)[C@@H](CC)N(Cc1ccc(Cl)cc1)C(=O)CN(c1ccc(Cl)cc1Cl)S(=O)(=O)c1ccccc1. The molecule has 11 heteroatoms. The van der Waals surface area contributed by atoms with Gasteiger partial charge < -0.3 is 10.2 Å². The Hall–Kier alpha value is -2.78. The van der Waals surface area contributed by atoms with Crippen molar-refractivity contribution in [2.45, 2.75) is 44.2 Å². The lowest BCUT2D eigenvalue weighted by molar-refractivity contribution is -0.140. The van der Waals surface area contributed by atoms with Crippen LogP contribution in [0.5, 0.6) is 0 Å². The highest BCUT2D eigenvalue weighted by Gasteiger charge is 2.34. The van der Waals surface area contributed by atoms with Crippen LogP contribution < -0.4 is 9.62 Å². The van der Waals surface area contributed by atoms with Gasteiger partial charge in [-0.05, 0) is 60.9 Å². The number of carbonyl (C=O) groups is 2. The monoisotopic (exact) mass is 609 g/mol. The molecule has 0 aromatic heterocycles. The average Bonchev–Trinajstić information content (AvgIpc) is 2.92. The van der Waals surface area contributed by atoms with E-state index in [1.807, 2.05) is 6.92 Å². The van der Waals surface area contributed by atoms with E-state index < -0.39 is 28.5 Å². The minimum atomic E-state index is -4.22. The Morgan fingerprint density at radius 1 is 0.897 bits per heavy atom. The van der Waals surface area contributed by atoms with Gasteiger partial charge in [0.25, 0.3) is 10.0 Å². The lowest BCUT2D eigenvalue weighted by Crippen LogP contribution is -2.52. The van der Waals surface area contributed by atoms with E-state index in [1.165, 1.54) is 35.2 Å². The maximum Gasteiger partial charge on any atom is 0.264 e. The van der Waals surface area contributed by atoms with Crippen molar-refractivity contribution in [1.82, 2.24) is 10.2 Å². The summed E-state index contributed by atoms with van der Waals surface area (Å²) in [6.45, 7) is 3.66. The van der Waals surface area contributed by atoms with Gasteiger partial charge in [0.15, 0.2) is 0 Å². The first-order valence-corrected chi connectivity index (χ1v) is 15.0. The molecule has 1 atom stereocenters. The van der Waals surface area contributed by atoms with Gasteiger partial charge in [0, 0.05) is 23.1 Å². The number of sulfonamides is 1. The Morgan fingerprint density at radius 3 is 2.13 bits per heavy atom.